The first-order valence-electron chi connectivity index (χ1n) is 9.62. The number of nitrogens with one attached hydrogen (secondary N) is 1. The van der Waals surface area contributed by atoms with Crippen LogP contribution in [-0.2, 0) is 14.3 Å². The number of methoxy groups -OCH3 is 3. The molecule has 32 heavy (non-hydrogen) atoms. The number of fused-ring (bicyclic) bond motifs is 1. The Labute approximate surface area is 184 Å². The van der Waals surface area contributed by atoms with Gasteiger partial charge in [-0.25, -0.2) is 4.79 Å². The smallest absolute Gasteiger partial charge is 0.338 e. The predicted molar refractivity (Wildman–Crippen MR) is 114 cm³/mol. The highest BCUT2D eigenvalue weighted by molar-refractivity contribution is 6.53. The van der Waals surface area contributed by atoms with E-state index in [0.717, 1.165) is 4.90 Å². The molecule has 2 amide bonds. The Bertz CT molecular complexity index is 1080. The van der Waals surface area contributed by atoms with Crippen molar-refractivity contribution in [2.45, 2.75) is 6.92 Å². The normalized spacial score (nSPS) is 12.3. The molecule has 1 aliphatic heterocycles. The summed E-state index contributed by atoms with van der Waals surface area (Å²) in [6.07, 6.45) is 0. The van der Waals surface area contributed by atoms with Crippen LogP contribution >= 0.6 is 0 Å². The number of carbonyl (C=O) groups is 4. The minimum atomic E-state index is -0.874. The number of rotatable bonds is 8. The van der Waals surface area contributed by atoms with Crippen molar-refractivity contribution in [1.82, 2.24) is 0 Å². The number of anilines is 2. The second kappa shape index (κ2) is 9.38. The van der Waals surface area contributed by atoms with Crippen LogP contribution in [0.2, 0.25) is 0 Å². The molecule has 0 saturated heterocycles. The second-order valence-corrected chi connectivity index (χ2v) is 6.61. The topological polar surface area (TPSA) is 120 Å². The Balaban J connectivity index is 1.83. The molecule has 2 aromatic rings. The Morgan fingerprint density at radius 3 is 2.19 bits per heavy atom. The number of amides is 2. The summed E-state index contributed by atoms with van der Waals surface area (Å²) in [6, 6.07) is 7.53. The summed E-state index contributed by atoms with van der Waals surface area (Å²) in [7, 11) is 4.12. The van der Waals surface area contributed by atoms with E-state index in [0.29, 0.717) is 11.3 Å². The molecular weight excluding hydrogens is 420 g/mol. The van der Waals surface area contributed by atoms with Gasteiger partial charge in [-0.05, 0) is 31.2 Å². The minimum absolute atomic E-state index is 0.00161. The monoisotopic (exact) mass is 442 g/mol. The number of Topliss-reactive ketones (excluding diaryl/α,β-unsaturated/α-hetero) is 1. The zero-order valence-electron chi connectivity index (χ0n) is 18.0. The molecule has 1 heterocycles. The van der Waals surface area contributed by atoms with Gasteiger partial charge in [0.1, 0.15) is 6.54 Å². The van der Waals surface area contributed by atoms with Crippen molar-refractivity contribution in [2.24, 2.45) is 0 Å². The van der Waals surface area contributed by atoms with E-state index in [1.54, 1.807) is 6.92 Å². The van der Waals surface area contributed by atoms with E-state index in [1.807, 2.05) is 0 Å². The lowest BCUT2D eigenvalue weighted by Crippen LogP contribution is -2.37. The van der Waals surface area contributed by atoms with Crippen LogP contribution in [0.4, 0.5) is 11.4 Å². The zero-order chi connectivity index (χ0) is 23.4. The lowest BCUT2D eigenvalue weighted by Gasteiger charge is -2.19. The van der Waals surface area contributed by atoms with Gasteiger partial charge in [-0.2, -0.15) is 0 Å². The quantitative estimate of drug-likeness (QED) is 0.487. The van der Waals surface area contributed by atoms with Gasteiger partial charge < -0.3 is 24.3 Å². The first kappa shape index (κ1) is 22.6. The first-order valence-corrected chi connectivity index (χ1v) is 9.62. The average Bonchev–Trinajstić information content (AvgIpc) is 3.02. The fraction of sp³-hybridized carbons (Fsp3) is 0.273. The Morgan fingerprint density at radius 1 is 0.969 bits per heavy atom. The number of esters is 1. The van der Waals surface area contributed by atoms with E-state index in [4.69, 9.17) is 18.9 Å². The maximum Gasteiger partial charge on any atom is 0.338 e. The molecule has 10 nitrogen and oxygen atoms in total. The van der Waals surface area contributed by atoms with Crippen LogP contribution in [0.15, 0.2) is 30.3 Å². The van der Waals surface area contributed by atoms with Crippen LogP contribution in [-0.4, -0.2) is 58.0 Å². The van der Waals surface area contributed by atoms with Crippen molar-refractivity contribution in [3.8, 4) is 17.2 Å². The van der Waals surface area contributed by atoms with Crippen molar-refractivity contribution in [3.05, 3.63) is 41.5 Å². The summed E-state index contributed by atoms with van der Waals surface area (Å²) in [4.78, 5) is 50.6. The molecule has 2 aromatic carbocycles. The molecule has 168 valence electrons. The van der Waals surface area contributed by atoms with Gasteiger partial charge in [-0.15, -0.1) is 0 Å². The van der Waals surface area contributed by atoms with E-state index in [-0.39, 0.29) is 35.1 Å². The van der Waals surface area contributed by atoms with Gasteiger partial charge in [0, 0.05) is 11.8 Å². The van der Waals surface area contributed by atoms with Crippen LogP contribution in [0.3, 0.4) is 0 Å². The highest BCUT2D eigenvalue weighted by Crippen LogP contribution is 2.47. The van der Waals surface area contributed by atoms with Gasteiger partial charge in [0.25, 0.3) is 11.7 Å². The van der Waals surface area contributed by atoms with Crippen LogP contribution in [0.25, 0.3) is 0 Å². The largest absolute Gasteiger partial charge is 0.493 e. The van der Waals surface area contributed by atoms with Gasteiger partial charge in [0.2, 0.25) is 11.7 Å². The highest BCUT2D eigenvalue weighted by atomic mass is 16.5. The number of ketones is 1. The summed E-state index contributed by atoms with van der Waals surface area (Å²) in [6.45, 7) is 1.54. The number of hydrogen-bond acceptors (Lipinski definition) is 8. The summed E-state index contributed by atoms with van der Waals surface area (Å²) < 4.78 is 20.7. The molecule has 0 bridgehead atoms. The number of hydrogen-bond donors (Lipinski definition) is 1. The third-order valence-electron chi connectivity index (χ3n) is 4.75. The summed E-state index contributed by atoms with van der Waals surface area (Å²) >= 11 is 0. The van der Waals surface area contributed by atoms with Gasteiger partial charge in [-0.1, -0.05) is 0 Å². The molecule has 0 saturated carbocycles. The van der Waals surface area contributed by atoms with Crippen molar-refractivity contribution >= 4 is 34.9 Å². The summed E-state index contributed by atoms with van der Waals surface area (Å²) in [5.41, 5.74) is 0.933. The molecule has 0 spiro atoms. The van der Waals surface area contributed by atoms with Crippen molar-refractivity contribution in [3.63, 3.8) is 0 Å². The molecule has 1 aliphatic rings. The van der Waals surface area contributed by atoms with Crippen molar-refractivity contribution in [2.75, 3.05) is 44.7 Å². The van der Waals surface area contributed by atoms with Crippen molar-refractivity contribution in [1.29, 1.82) is 0 Å². The van der Waals surface area contributed by atoms with Gasteiger partial charge in [0.05, 0.1) is 44.8 Å². The predicted octanol–water partition coefficient (Wildman–Crippen LogP) is 2.06. The molecular formula is C22H22N2O8. The number of carbonyl (C=O) groups excluding carboxylic acids is 4. The summed E-state index contributed by atoms with van der Waals surface area (Å²) in [5, 5.41) is 2.63. The Hall–Kier alpha value is -4.08. The number of nitrogens with zero attached hydrogens (tertiary/aromatic N) is 1. The van der Waals surface area contributed by atoms with E-state index in [1.165, 1.54) is 51.7 Å². The molecule has 0 unspecified atom stereocenters. The molecule has 0 aliphatic carbocycles. The van der Waals surface area contributed by atoms with E-state index in [2.05, 4.69) is 5.32 Å². The fourth-order valence-corrected chi connectivity index (χ4v) is 3.32. The Kier molecular flexibility index (Phi) is 6.62. The maximum atomic E-state index is 12.6. The fourth-order valence-electron chi connectivity index (χ4n) is 3.32. The second-order valence-electron chi connectivity index (χ2n) is 6.61. The lowest BCUT2D eigenvalue weighted by molar-refractivity contribution is -0.118. The first-order chi connectivity index (χ1) is 15.4. The molecule has 0 fully saturated rings. The maximum absolute atomic E-state index is 12.6. The molecule has 10 heteroatoms. The van der Waals surface area contributed by atoms with Crippen LogP contribution < -0.4 is 24.4 Å². The standard InChI is InChI=1S/C22H22N2O8/c1-5-32-22(28)12-6-8-13(9-7-12)23-16(25)11-24-14-10-15(29-2)19(30-3)20(31-4)17(14)18(26)21(24)27/h6-10H,5,11H2,1-4H3,(H,23,25). The lowest BCUT2D eigenvalue weighted by atomic mass is 10.1. The minimum Gasteiger partial charge on any atom is -0.493 e. The molecule has 1 N–H and O–H groups in total. The average molecular weight is 442 g/mol. The van der Waals surface area contributed by atoms with Crippen LogP contribution in [0.1, 0.15) is 27.6 Å². The summed E-state index contributed by atoms with van der Waals surface area (Å²) in [5.74, 6) is -2.24. The number of benzene rings is 2. The molecule has 0 radical (unpaired) electrons. The van der Waals surface area contributed by atoms with E-state index >= 15 is 0 Å². The SMILES string of the molecule is CCOC(=O)c1ccc(NC(=O)CN2C(=O)C(=O)c3c2cc(OC)c(OC)c3OC)cc1. The van der Waals surface area contributed by atoms with Gasteiger partial charge in [0.15, 0.2) is 11.5 Å². The third kappa shape index (κ3) is 4.07. The third-order valence-corrected chi connectivity index (χ3v) is 4.75. The molecule has 0 aromatic heterocycles. The Morgan fingerprint density at radius 2 is 1.62 bits per heavy atom. The number of ether oxygens (including phenoxy) is 4. The van der Waals surface area contributed by atoms with Crippen LogP contribution in [0.5, 0.6) is 17.2 Å². The van der Waals surface area contributed by atoms with Gasteiger partial charge in [-0.3, -0.25) is 19.3 Å². The zero-order valence-corrected chi connectivity index (χ0v) is 18.0. The van der Waals surface area contributed by atoms with E-state index in [9.17, 15) is 19.2 Å². The molecule has 3 rings (SSSR count). The van der Waals surface area contributed by atoms with Crippen molar-refractivity contribution < 1.29 is 38.1 Å². The highest BCUT2D eigenvalue weighted by Gasteiger charge is 2.42. The molecule has 0 atom stereocenters. The van der Waals surface area contributed by atoms with Crippen LogP contribution in [0, 0.1) is 0 Å². The van der Waals surface area contributed by atoms with Gasteiger partial charge >= 0.3 is 5.97 Å². The van der Waals surface area contributed by atoms with E-state index < -0.39 is 30.1 Å².